The predicted molar refractivity (Wildman–Crippen MR) is 115 cm³/mol. The molecule has 2 aromatic carbocycles. The number of rotatable bonds is 4. The number of fused-ring (bicyclic) bond motifs is 1. The van der Waals surface area contributed by atoms with E-state index < -0.39 is 0 Å². The van der Waals surface area contributed by atoms with Crippen molar-refractivity contribution in [3.63, 3.8) is 0 Å². The third kappa shape index (κ3) is 4.51. The molecule has 1 N–H and O–H groups in total. The smallest absolute Gasteiger partial charge is 0.185 e. The van der Waals surface area contributed by atoms with Crippen LogP contribution in [0.15, 0.2) is 47.5 Å². The molecule has 0 spiro atoms. The molecule has 2 heterocycles. The average Bonchev–Trinajstić information content (AvgIpc) is 2.73. The molecule has 5 nitrogen and oxygen atoms in total. The van der Waals surface area contributed by atoms with Gasteiger partial charge in [0.1, 0.15) is 13.2 Å². The molecule has 0 fully saturated rings. The van der Waals surface area contributed by atoms with Gasteiger partial charge in [-0.15, -0.1) is 0 Å². The molecule has 0 amide bonds. The summed E-state index contributed by atoms with van der Waals surface area (Å²) in [5, 5.41) is 4.69. The van der Waals surface area contributed by atoms with E-state index in [4.69, 9.17) is 21.1 Å². The van der Waals surface area contributed by atoms with E-state index in [1.54, 1.807) is 36.0 Å². The molecule has 0 atom stereocenters. The summed E-state index contributed by atoms with van der Waals surface area (Å²) in [4.78, 5) is 16.9. The van der Waals surface area contributed by atoms with Crippen molar-refractivity contribution in [2.75, 3.05) is 30.8 Å². The maximum atomic E-state index is 12.5. The Morgan fingerprint density at radius 2 is 2.00 bits per heavy atom. The van der Waals surface area contributed by atoms with Gasteiger partial charge in [0.2, 0.25) is 0 Å². The van der Waals surface area contributed by atoms with Gasteiger partial charge in [-0.1, -0.05) is 29.4 Å². The fraction of sp³-hybridized carbons (Fsp3) is 0.238. The molecule has 7 heteroatoms. The van der Waals surface area contributed by atoms with Crippen LogP contribution in [0.2, 0.25) is 5.02 Å². The number of anilines is 1. The van der Waals surface area contributed by atoms with Crippen molar-refractivity contribution in [1.82, 2.24) is 0 Å². The molecule has 0 aliphatic carbocycles. The number of nitrogens with zero attached hydrogens (tertiary/aromatic N) is 1. The second-order valence-electron chi connectivity index (χ2n) is 6.32. The number of allylic oxidation sites excluding steroid dienone is 1. The third-order valence-corrected chi connectivity index (χ3v) is 5.54. The number of hydrogen-bond acceptors (Lipinski definition) is 6. The van der Waals surface area contributed by atoms with E-state index in [1.165, 1.54) is 6.08 Å². The Morgan fingerprint density at radius 3 is 2.79 bits per heavy atom. The van der Waals surface area contributed by atoms with Gasteiger partial charge in [0.05, 0.1) is 5.02 Å². The first-order valence-electron chi connectivity index (χ1n) is 9.05. The Balaban J connectivity index is 1.43. The van der Waals surface area contributed by atoms with Gasteiger partial charge in [-0.05, 0) is 54.5 Å². The van der Waals surface area contributed by atoms with Crippen LogP contribution in [-0.2, 0) is 0 Å². The van der Waals surface area contributed by atoms with Crippen LogP contribution in [-0.4, -0.2) is 36.5 Å². The molecule has 0 saturated carbocycles. The zero-order valence-corrected chi connectivity index (χ0v) is 16.7. The van der Waals surface area contributed by atoms with E-state index >= 15 is 0 Å². The Kier molecular flexibility index (Phi) is 5.88. The van der Waals surface area contributed by atoms with Gasteiger partial charge in [-0.25, -0.2) is 0 Å². The molecule has 2 aliphatic rings. The molecular weight excluding hydrogens is 396 g/mol. The number of halogens is 1. The monoisotopic (exact) mass is 414 g/mol. The Bertz CT molecular complexity index is 941. The molecule has 28 heavy (non-hydrogen) atoms. The molecule has 0 bridgehead atoms. The number of ether oxygens (including phenoxy) is 2. The summed E-state index contributed by atoms with van der Waals surface area (Å²) in [6.45, 7) is 1.83. The van der Waals surface area contributed by atoms with Crippen LogP contribution in [0.3, 0.4) is 0 Å². The molecule has 4 rings (SSSR count). The lowest BCUT2D eigenvalue weighted by Gasteiger charge is -2.19. The first-order valence-corrected chi connectivity index (χ1v) is 10.4. The second kappa shape index (κ2) is 8.71. The second-order valence-corrected chi connectivity index (χ2v) is 7.81. The fourth-order valence-corrected chi connectivity index (χ4v) is 3.98. The lowest BCUT2D eigenvalue weighted by atomic mass is 10.1. The minimum Gasteiger partial charge on any atom is -0.486 e. The van der Waals surface area contributed by atoms with E-state index in [1.807, 2.05) is 18.2 Å². The minimum atomic E-state index is -0.0815. The number of aliphatic imine (C=N–C) groups is 1. The van der Waals surface area contributed by atoms with Crippen LogP contribution in [0.1, 0.15) is 22.3 Å². The Labute approximate surface area is 172 Å². The number of nitrogens with one attached hydrogen (secondary N) is 1. The highest BCUT2D eigenvalue weighted by molar-refractivity contribution is 8.14. The summed E-state index contributed by atoms with van der Waals surface area (Å²) in [5.74, 6) is 2.16. The molecule has 0 radical (unpaired) electrons. The maximum Gasteiger partial charge on any atom is 0.185 e. The molecule has 0 saturated heterocycles. The van der Waals surface area contributed by atoms with E-state index in [2.05, 4.69) is 10.3 Å². The van der Waals surface area contributed by atoms with Crippen LogP contribution in [0.5, 0.6) is 11.5 Å². The van der Waals surface area contributed by atoms with Gasteiger partial charge < -0.3 is 14.8 Å². The molecule has 2 aromatic rings. The quantitative estimate of drug-likeness (QED) is 0.568. The first kappa shape index (κ1) is 18.9. The highest BCUT2D eigenvalue weighted by Gasteiger charge is 2.16. The Hall–Kier alpha value is -2.44. The van der Waals surface area contributed by atoms with Crippen molar-refractivity contribution in [3.8, 4) is 11.5 Å². The van der Waals surface area contributed by atoms with Gasteiger partial charge in [-0.2, -0.15) is 0 Å². The number of carbonyl (C=O) groups is 1. The summed E-state index contributed by atoms with van der Waals surface area (Å²) in [7, 11) is 0. The normalized spacial score (nSPS) is 16.0. The highest BCUT2D eigenvalue weighted by Crippen LogP contribution is 2.38. The zero-order valence-electron chi connectivity index (χ0n) is 15.1. The van der Waals surface area contributed by atoms with Crippen LogP contribution in [0.25, 0.3) is 6.08 Å². The van der Waals surface area contributed by atoms with E-state index in [-0.39, 0.29) is 5.78 Å². The van der Waals surface area contributed by atoms with Crippen molar-refractivity contribution in [2.45, 2.75) is 6.42 Å². The highest BCUT2D eigenvalue weighted by atomic mass is 35.5. The standard InChI is InChI=1S/C21H19ClN2O3S/c22-17-12-14(13-19-20(17)27-10-9-26-19)2-7-18(25)15-3-5-16(6-4-15)24-21-23-8-1-11-28-21/h2-7,12-13H,1,8-11H2,(H,23,24)/b7-2+. The third-order valence-electron chi connectivity index (χ3n) is 4.26. The van der Waals surface area contributed by atoms with Crippen molar-refractivity contribution < 1.29 is 14.3 Å². The summed E-state index contributed by atoms with van der Waals surface area (Å²) in [6.07, 6.45) is 4.38. The average molecular weight is 415 g/mol. The molecule has 0 aromatic heterocycles. The molecule has 0 unspecified atom stereocenters. The fourth-order valence-electron chi connectivity index (χ4n) is 2.87. The predicted octanol–water partition coefficient (Wildman–Crippen LogP) is 4.91. The van der Waals surface area contributed by atoms with E-state index in [0.717, 1.165) is 35.1 Å². The number of carbonyl (C=O) groups excluding carboxylic acids is 1. The van der Waals surface area contributed by atoms with Crippen molar-refractivity contribution >= 4 is 46.1 Å². The van der Waals surface area contributed by atoms with Crippen molar-refractivity contribution in [1.29, 1.82) is 0 Å². The minimum absolute atomic E-state index is 0.0815. The first-order chi connectivity index (χ1) is 13.7. The number of hydrogen-bond donors (Lipinski definition) is 1. The van der Waals surface area contributed by atoms with Gasteiger partial charge in [0, 0.05) is 23.5 Å². The SMILES string of the molecule is O=C(/C=C/c1cc(Cl)c2c(c1)OCCO2)c1ccc(NC2=NCCCS2)cc1. The van der Waals surface area contributed by atoms with Gasteiger partial charge >= 0.3 is 0 Å². The number of amidine groups is 1. The summed E-state index contributed by atoms with van der Waals surface area (Å²) in [6, 6.07) is 11.0. The lowest BCUT2D eigenvalue weighted by Crippen LogP contribution is -2.15. The maximum absolute atomic E-state index is 12.5. The lowest BCUT2D eigenvalue weighted by molar-refractivity contribution is 0.104. The zero-order chi connectivity index (χ0) is 19.3. The molecular formula is C21H19ClN2O3S. The van der Waals surface area contributed by atoms with Gasteiger partial charge in [0.25, 0.3) is 0 Å². The number of ketones is 1. The van der Waals surface area contributed by atoms with Crippen molar-refractivity contribution in [2.24, 2.45) is 4.99 Å². The van der Waals surface area contributed by atoms with Crippen LogP contribution in [0.4, 0.5) is 5.69 Å². The van der Waals surface area contributed by atoms with Crippen LogP contribution >= 0.6 is 23.4 Å². The summed E-state index contributed by atoms with van der Waals surface area (Å²) in [5.41, 5.74) is 2.32. The van der Waals surface area contributed by atoms with E-state index in [0.29, 0.717) is 35.3 Å². The van der Waals surface area contributed by atoms with Crippen LogP contribution < -0.4 is 14.8 Å². The van der Waals surface area contributed by atoms with Crippen LogP contribution in [0, 0.1) is 0 Å². The van der Waals surface area contributed by atoms with E-state index in [9.17, 15) is 4.79 Å². The largest absolute Gasteiger partial charge is 0.486 e. The van der Waals surface area contributed by atoms with Gasteiger partial charge in [0.15, 0.2) is 22.4 Å². The molecule has 144 valence electrons. The molecule has 2 aliphatic heterocycles. The number of benzene rings is 2. The van der Waals surface area contributed by atoms with Crippen molar-refractivity contribution in [3.05, 3.63) is 58.6 Å². The summed E-state index contributed by atoms with van der Waals surface area (Å²) >= 11 is 7.95. The summed E-state index contributed by atoms with van der Waals surface area (Å²) < 4.78 is 11.1. The Morgan fingerprint density at radius 1 is 1.18 bits per heavy atom. The topological polar surface area (TPSA) is 59.9 Å². The number of thioether (sulfide) groups is 1. The van der Waals surface area contributed by atoms with Gasteiger partial charge in [-0.3, -0.25) is 9.79 Å².